The normalized spacial score (nSPS) is 15.4. The van der Waals surface area contributed by atoms with Crippen LogP contribution < -0.4 is 4.90 Å². The number of likely N-dealkylation sites (N-methyl/N-ethyl adjacent to an activating group) is 1. The molecule has 3 rings (SSSR count). The van der Waals surface area contributed by atoms with Gasteiger partial charge in [0.15, 0.2) is 0 Å². The van der Waals surface area contributed by atoms with Gasteiger partial charge in [-0.25, -0.2) is 14.4 Å². The molecule has 1 heterocycles. The number of amides is 1. The lowest BCUT2D eigenvalue weighted by Gasteiger charge is -2.33. The van der Waals surface area contributed by atoms with Gasteiger partial charge in [0.2, 0.25) is 6.10 Å². The summed E-state index contributed by atoms with van der Waals surface area (Å²) in [5, 5.41) is 0. The third-order valence-electron chi connectivity index (χ3n) is 6.71. The van der Waals surface area contributed by atoms with Crippen LogP contribution in [0.1, 0.15) is 59.1 Å². The lowest BCUT2D eigenvalue weighted by Crippen LogP contribution is -2.48. The van der Waals surface area contributed by atoms with Crippen molar-refractivity contribution < 1.29 is 33.3 Å². The molecule has 0 aromatic heterocycles. The van der Waals surface area contributed by atoms with Gasteiger partial charge < -0.3 is 23.8 Å². The Bertz CT molecular complexity index is 1160. The number of benzene rings is 2. The number of morpholine rings is 1. The molecule has 1 amide bonds. The van der Waals surface area contributed by atoms with Gasteiger partial charge in [0, 0.05) is 32.2 Å². The van der Waals surface area contributed by atoms with Crippen molar-refractivity contribution in [3.63, 3.8) is 0 Å². The summed E-state index contributed by atoms with van der Waals surface area (Å²) in [5.41, 5.74) is 1.64. The molecule has 1 unspecified atom stereocenters. The van der Waals surface area contributed by atoms with E-state index in [0.29, 0.717) is 19.6 Å². The quantitative estimate of drug-likeness (QED) is 0.272. The van der Waals surface area contributed by atoms with Gasteiger partial charge in [0.25, 0.3) is 0 Å². The summed E-state index contributed by atoms with van der Waals surface area (Å²) in [6.45, 7) is 14.2. The Kier molecular flexibility index (Phi) is 11.4. The van der Waals surface area contributed by atoms with Crippen molar-refractivity contribution in [3.05, 3.63) is 65.7 Å². The lowest BCUT2D eigenvalue weighted by molar-refractivity contribution is -0.172. The van der Waals surface area contributed by atoms with E-state index in [4.69, 9.17) is 18.9 Å². The van der Waals surface area contributed by atoms with Crippen LogP contribution in [-0.4, -0.2) is 74.0 Å². The second kappa shape index (κ2) is 14.5. The summed E-state index contributed by atoms with van der Waals surface area (Å²) in [5.74, 6) is -1.34. The number of anilines is 1. The number of rotatable bonds is 10. The van der Waals surface area contributed by atoms with E-state index >= 15 is 0 Å². The van der Waals surface area contributed by atoms with Gasteiger partial charge in [-0.15, -0.1) is 0 Å². The molecule has 2 atom stereocenters. The Morgan fingerprint density at radius 2 is 1.50 bits per heavy atom. The smallest absolute Gasteiger partial charge is 0.410 e. The zero-order chi connectivity index (χ0) is 30.9. The van der Waals surface area contributed by atoms with Gasteiger partial charge in [-0.1, -0.05) is 63.2 Å². The molecule has 9 nitrogen and oxygen atoms in total. The summed E-state index contributed by atoms with van der Waals surface area (Å²) in [6.07, 6.45) is -1.41. The van der Waals surface area contributed by atoms with Gasteiger partial charge in [0.1, 0.15) is 18.2 Å². The van der Waals surface area contributed by atoms with Gasteiger partial charge >= 0.3 is 18.0 Å². The second-order valence-electron chi connectivity index (χ2n) is 12.9. The molecule has 0 aliphatic carbocycles. The van der Waals surface area contributed by atoms with Gasteiger partial charge in [-0.05, 0) is 55.9 Å². The van der Waals surface area contributed by atoms with E-state index in [1.807, 2.05) is 75.4 Å². The third kappa shape index (κ3) is 10.7. The fourth-order valence-electron chi connectivity index (χ4n) is 4.51. The predicted octanol–water partition coefficient (Wildman–Crippen LogP) is 5.39. The predicted molar refractivity (Wildman–Crippen MR) is 161 cm³/mol. The van der Waals surface area contributed by atoms with Crippen LogP contribution in [0.25, 0.3) is 0 Å². The van der Waals surface area contributed by atoms with Crippen LogP contribution in [0.2, 0.25) is 0 Å². The molecule has 1 aliphatic rings. The first kappa shape index (κ1) is 32.9. The minimum atomic E-state index is -1.20. The number of nitrogens with zero attached hydrogens (tertiary/aromatic N) is 2. The van der Waals surface area contributed by atoms with Crippen LogP contribution in [0.3, 0.4) is 0 Å². The molecule has 2 aromatic rings. The molecule has 1 saturated heterocycles. The summed E-state index contributed by atoms with van der Waals surface area (Å²) in [6, 6.07) is 16.2. The highest BCUT2D eigenvalue weighted by molar-refractivity contribution is 5.85. The summed E-state index contributed by atoms with van der Waals surface area (Å²) < 4.78 is 22.4. The zero-order valence-corrected chi connectivity index (χ0v) is 26.1. The number of ether oxygens (including phenoxy) is 4. The highest BCUT2D eigenvalue weighted by Crippen LogP contribution is 2.26. The van der Waals surface area contributed by atoms with Crippen molar-refractivity contribution in [1.29, 1.82) is 0 Å². The summed E-state index contributed by atoms with van der Waals surface area (Å²) in [7, 11) is 1.51. The van der Waals surface area contributed by atoms with E-state index < -0.39 is 35.8 Å². The van der Waals surface area contributed by atoms with Crippen LogP contribution in [0.5, 0.6) is 0 Å². The molecular formula is C33H46N2O7. The summed E-state index contributed by atoms with van der Waals surface area (Å²) >= 11 is 0. The topological polar surface area (TPSA) is 94.6 Å². The van der Waals surface area contributed by atoms with Crippen LogP contribution in [-0.2, 0) is 41.6 Å². The molecule has 0 spiro atoms. The molecule has 1 fully saturated rings. The first-order valence-electron chi connectivity index (χ1n) is 14.5. The Hall–Kier alpha value is -3.59. The molecule has 42 heavy (non-hydrogen) atoms. The maximum Gasteiger partial charge on any atom is 0.410 e. The maximum atomic E-state index is 13.7. The standard InChI is InChI=1S/C33H46N2O7/c1-32(2,3)22-27(34(7)31(38)42-33(4,5)6)29(36)41-28(30(37)40-23-25-11-9-8-10-12-25)21-24-13-15-26(16-14-24)35-17-19-39-20-18-35/h8-16,27-28H,17-23H2,1-7H3/t27-,28?/m0/s1. The average molecular weight is 583 g/mol. The Labute approximate surface area is 250 Å². The number of carbonyl (C=O) groups excluding carboxylic acids is 3. The first-order valence-corrected chi connectivity index (χ1v) is 14.5. The van der Waals surface area contributed by atoms with Crippen molar-refractivity contribution in [2.75, 3.05) is 38.3 Å². The second-order valence-corrected chi connectivity index (χ2v) is 12.9. The van der Waals surface area contributed by atoms with Crippen LogP contribution in [0, 0.1) is 5.41 Å². The van der Waals surface area contributed by atoms with Crippen molar-refractivity contribution in [3.8, 4) is 0 Å². The third-order valence-corrected chi connectivity index (χ3v) is 6.71. The van der Waals surface area contributed by atoms with Gasteiger partial charge in [-0.3, -0.25) is 4.90 Å². The van der Waals surface area contributed by atoms with Crippen molar-refractivity contribution in [2.24, 2.45) is 5.41 Å². The van der Waals surface area contributed by atoms with E-state index in [1.54, 1.807) is 20.8 Å². The minimum absolute atomic E-state index is 0.0485. The van der Waals surface area contributed by atoms with Gasteiger partial charge in [0.05, 0.1) is 13.2 Å². The molecular weight excluding hydrogens is 536 g/mol. The Balaban J connectivity index is 1.81. The molecule has 0 N–H and O–H groups in total. The van der Waals surface area contributed by atoms with E-state index in [1.165, 1.54) is 11.9 Å². The fraction of sp³-hybridized carbons (Fsp3) is 0.545. The molecule has 2 aromatic carbocycles. The molecule has 1 aliphatic heterocycles. The van der Waals surface area contributed by atoms with Crippen molar-refractivity contribution in [2.45, 2.75) is 78.7 Å². The van der Waals surface area contributed by atoms with E-state index in [0.717, 1.165) is 29.9 Å². The number of carbonyl (C=O) groups is 3. The largest absolute Gasteiger partial charge is 0.458 e. The monoisotopic (exact) mass is 582 g/mol. The molecule has 9 heteroatoms. The van der Waals surface area contributed by atoms with Crippen LogP contribution >= 0.6 is 0 Å². The van der Waals surface area contributed by atoms with Crippen molar-refractivity contribution >= 4 is 23.7 Å². The Morgan fingerprint density at radius 3 is 2.07 bits per heavy atom. The highest BCUT2D eigenvalue weighted by Gasteiger charge is 2.37. The Morgan fingerprint density at radius 1 is 0.881 bits per heavy atom. The maximum absolute atomic E-state index is 13.7. The van der Waals surface area contributed by atoms with Gasteiger partial charge in [-0.2, -0.15) is 0 Å². The molecule has 230 valence electrons. The minimum Gasteiger partial charge on any atom is -0.458 e. The summed E-state index contributed by atoms with van der Waals surface area (Å²) in [4.78, 5) is 43.4. The molecule has 0 saturated carbocycles. The lowest BCUT2D eigenvalue weighted by atomic mass is 9.87. The number of hydrogen-bond acceptors (Lipinski definition) is 8. The number of esters is 2. The van der Waals surface area contributed by atoms with Crippen LogP contribution in [0.15, 0.2) is 54.6 Å². The molecule has 0 radical (unpaired) electrons. The van der Waals surface area contributed by atoms with E-state index in [-0.39, 0.29) is 18.4 Å². The van der Waals surface area contributed by atoms with Crippen LogP contribution in [0.4, 0.5) is 10.5 Å². The first-order chi connectivity index (χ1) is 19.7. The molecule has 0 bridgehead atoms. The van der Waals surface area contributed by atoms with E-state index in [2.05, 4.69) is 4.90 Å². The highest BCUT2D eigenvalue weighted by atomic mass is 16.6. The average Bonchev–Trinajstić information content (AvgIpc) is 2.94. The van der Waals surface area contributed by atoms with E-state index in [9.17, 15) is 14.4 Å². The zero-order valence-electron chi connectivity index (χ0n) is 26.1. The SMILES string of the molecule is CN(C(=O)OC(C)(C)C)[C@@H](CC(C)(C)C)C(=O)OC(Cc1ccc(N2CCOCC2)cc1)C(=O)OCc1ccccc1. The fourth-order valence-corrected chi connectivity index (χ4v) is 4.51. The number of hydrogen-bond donors (Lipinski definition) is 0. The van der Waals surface area contributed by atoms with Crippen molar-refractivity contribution in [1.82, 2.24) is 4.90 Å².